The highest BCUT2D eigenvalue weighted by molar-refractivity contribution is 6.51. The number of halogens is 1. The lowest BCUT2D eigenvalue weighted by atomic mass is 9.95. The number of carbonyl (C=O) groups excluding carboxylic acids is 2. The fourth-order valence-corrected chi connectivity index (χ4v) is 4.33. The first kappa shape index (κ1) is 25.1. The molecule has 0 bridgehead atoms. The number of rotatable bonds is 8. The van der Waals surface area contributed by atoms with Gasteiger partial charge in [-0.3, -0.25) is 14.5 Å². The maximum absolute atomic E-state index is 13.4. The van der Waals surface area contributed by atoms with Gasteiger partial charge in [0, 0.05) is 17.3 Å². The monoisotopic (exact) mass is 507 g/mol. The maximum atomic E-state index is 13.4. The van der Waals surface area contributed by atoms with Gasteiger partial charge in [0.05, 0.1) is 37.5 Å². The van der Waals surface area contributed by atoms with Crippen LogP contribution in [0.3, 0.4) is 0 Å². The van der Waals surface area contributed by atoms with Crippen LogP contribution in [0.5, 0.6) is 17.2 Å². The fraction of sp³-hybridized carbons (Fsp3) is 0.214. The van der Waals surface area contributed by atoms with Gasteiger partial charge >= 0.3 is 0 Å². The van der Waals surface area contributed by atoms with Crippen LogP contribution in [0.25, 0.3) is 5.76 Å². The van der Waals surface area contributed by atoms with Gasteiger partial charge in [-0.1, -0.05) is 36.7 Å². The molecule has 0 radical (unpaired) electrons. The molecule has 0 aliphatic carbocycles. The zero-order valence-electron chi connectivity index (χ0n) is 20.2. The Bertz CT molecular complexity index is 1340. The minimum Gasteiger partial charge on any atom is -0.507 e. The molecule has 36 heavy (non-hydrogen) atoms. The molecule has 1 amide bonds. The second kappa shape index (κ2) is 10.7. The highest BCUT2D eigenvalue weighted by atomic mass is 35.5. The first-order chi connectivity index (χ1) is 17.4. The van der Waals surface area contributed by atoms with Crippen molar-refractivity contribution >= 4 is 34.7 Å². The van der Waals surface area contributed by atoms with Crippen molar-refractivity contribution in [1.29, 1.82) is 0 Å². The minimum atomic E-state index is -0.914. The van der Waals surface area contributed by atoms with Gasteiger partial charge in [0.15, 0.2) is 0 Å². The van der Waals surface area contributed by atoms with E-state index in [1.54, 1.807) is 60.7 Å². The van der Waals surface area contributed by atoms with E-state index in [-0.39, 0.29) is 11.3 Å². The number of aliphatic hydroxyl groups excluding tert-OH is 1. The zero-order valence-corrected chi connectivity index (χ0v) is 20.9. The molecule has 186 valence electrons. The number of ether oxygens (including phenoxy) is 3. The van der Waals surface area contributed by atoms with E-state index in [1.165, 1.54) is 25.2 Å². The molecule has 1 saturated heterocycles. The summed E-state index contributed by atoms with van der Waals surface area (Å²) in [4.78, 5) is 28.2. The van der Waals surface area contributed by atoms with Gasteiger partial charge in [-0.05, 0) is 54.4 Å². The third kappa shape index (κ3) is 4.75. The van der Waals surface area contributed by atoms with Crippen LogP contribution in [0.15, 0.2) is 72.3 Å². The third-order valence-electron chi connectivity index (χ3n) is 5.85. The van der Waals surface area contributed by atoms with Gasteiger partial charge in [0.25, 0.3) is 11.7 Å². The molecule has 1 heterocycles. The molecule has 1 N–H and O–H groups in total. The van der Waals surface area contributed by atoms with E-state index in [0.29, 0.717) is 45.7 Å². The summed E-state index contributed by atoms with van der Waals surface area (Å²) in [7, 11) is 2.98. The standard InChI is InChI=1S/C28H26ClNO6/c1-4-13-36-21-10-6-8-19(16-21)30-25(17-7-5-9-20(14-17)34-2)24(27(32)28(30)33)26(31)18-11-12-22(29)23(15-18)35-3/h5-12,14-16,25,31H,4,13H2,1-3H3/b26-24+. The molecule has 1 atom stereocenters. The van der Waals surface area contributed by atoms with Crippen LogP contribution in [0.1, 0.15) is 30.5 Å². The molecule has 0 saturated carbocycles. The molecule has 1 unspecified atom stereocenters. The average Bonchev–Trinajstić information content (AvgIpc) is 3.17. The van der Waals surface area contributed by atoms with Crippen molar-refractivity contribution in [2.24, 2.45) is 0 Å². The van der Waals surface area contributed by atoms with Crippen molar-refractivity contribution in [3.05, 3.63) is 88.5 Å². The molecule has 4 rings (SSSR count). The number of methoxy groups -OCH3 is 2. The number of benzene rings is 3. The van der Waals surface area contributed by atoms with Gasteiger partial charge in [-0.2, -0.15) is 0 Å². The second-order valence-corrected chi connectivity index (χ2v) is 8.55. The lowest BCUT2D eigenvalue weighted by Gasteiger charge is -2.26. The van der Waals surface area contributed by atoms with Crippen LogP contribution in [0.4, 0.5) is 5.69 Å². The van der Waals surface area contributed by atoms with Crippen LogP contribution in [-0.2, 0) is 9.59 Å². The Morgan fingerprint density at radius 2 is 1.72 bits per heavy atom. The van der Waals surface area contributed by atoms with Gasteiger partial charge in [-0.15, -0.1) is 0 Å². The van der Waals surface area contributed by atoms with Crippen LogP contribution in [0.2, 0.25) is 5.02 Å². The Balaban J connectivity index is 1.92. The Morgan fingerprint density at radius 3 is 2.44 bits per heavy atom. The number of aliphatic hydroxyl groups is 1. The van der Waals surface area contributed by atoms with Crippen LogP contribution in [-0.4, -0.2) is 37.6 Å². The summed E-state index contributed by atoms with van der Waals surface area (Å²) in [5.41, 5.74) is 1.29. The van der Waals surface area contributed by atoms with E-state index in [4.69, 9.17) is 25.8 Å². The van der Waals surface area contributed by atoms with Crippen molar-refractivity contribution in [2.45, 2.75) is 19.4 Å². The first-order valence-corrected chi connectivity index (χ1v) is 11.8. The number of ketones is 1. The summed E-state index contributed by atoms with van der Waals surface area (Å²) in [5.74, 6) is -0.466. The fourth-order valence-electron chi connectivity index (χ4n) is 4.13. The molecule has 0 aromatic heterocycles. The number of carbonyl (C=O) groups is 2. The van der Waals surface area contributed by atoms with Crippen LogP contribution in [0, 0.1) is 0 Å². The molecule has 1 aliphatic heterocycles. The summed E-state index contributed by atoms with van der Waals surface area (Å²) < 4.78 is 16.4. The Labute approximate surface area is 214 Å². The van der Waals surface area contributed by atoms with Gasteiger partial charge in [-0.25, -0.2) is 0 Å². The molecule has 7 nitrogen and oxygen atoms in total. The Hall–Kier alpha value is -3.97. The van der Waals surface area contributed by atoms with E-state index in [0.717, 1.165) is 6.42 Å². The molecule has 0 spiro atoms. The summed E-state index contributed by atoms with van der Waals surface area (Å²) in [5, 5.41) is 11.7. The largest absolute Gasteiger partial charge is 0.507 e. The summed E-state index contributed by atoms with van der Waals surface area (Å²) in [6.45, 7) is 2.51. The van der Waals surface area contributed by atoms with E-state index < -0.39 is 17.7 Å². The molecule has 1 fully saturated rings. The smallest absolute Gasteiger partial charge is 0.300 e. The predicted molar refractivity (Wildman–Crippen MR) is 138 cm³/mol. The molecule has 3 aromatic carbocycles. The van der Waals surface area contributed by atoms with Crippen molar-refractivity contribution in [2.75, 3.05) is 25.7 Å². The first-order valence-electron chi connectivity index (χ1n) is 11.4. The number of nitrogens with zero attached hydrogens (tertiary/aromatic N) is 1. The molecular formula is C28H26ClNO6. The highest BCUT2D eigenvalue weighted by Gasteiger charge is 2.47. The van der Waals surface area contributed by atoms with E-state index >= 15 is 0 Å². The van der Waals surface area contributed by atoms with Crippen LogP contribution < -0.4 is 19.1 Å². The number of anilines is 1. The van der Waals surface area contributed by atoms with Crippen LogP contribution >= 0.6 is 11.6 Å². The SMILES string of the molecule is CCCOc1cccc(N2C(=O)C(=O)/C(=C(/O)c3ccc(Cl)c(OC)c3)C2c2cccc(OC)c2)c1. The number of Topliss-reactive ketones (excluding diaryl/α,β-unsaturated/α-hetero) is 1. The average molecular weight is 508 g/mol. The molecule has 8 heteroatoms. The number of amides is 1. The van der Waals surface area contributed by atoms with E-state index in [9.17, 15) is 14.7 Å². The summed E-state index contributed by atoms with van der Waals surface area (Å²) >= 11 is 6.15. The number of hydrogen-bond acceptors (Lipinski definition) is 6. The highest BCUT2D eigenvalue weighted by Crippen LogP contribution is 2.44. The summed E-state index contributed by atoms with van der Waals surface area (Å²) in [6.07, 6.45) is 0.823. The zero-order chi connectivity index (χ0) is 25.8. The summed E-state index contributed by atoms with van der Waals surface area (Å²) in [6, 6.07) is 17.7. The van der Waals surface area contributed by atoms with Gasteiger partial charge < -0.3 is 19.3 Å². The molecular weight excluding hydrogens is 482 g/mol. The third-order valence-corrected chi connectivity index (χ3v) is 6.16. The van der Waals surface area contributed by atoms with Crippen molar-refractivity contribution in [1.82, 2.24) is 0 Å². The van der Waals surface area contributed by atoms with Gasteiger partial charge in [0.2, 0.25) is 0 Å². The minimum absolute atomic E-state index is 0.0579. The van der Waals surface area contributed by atoms with E-state index in [2.05, 4.69) is 0 Å². The Morgan fingerprint density at radius 1 is 0.972 bits per heavy atom. The lowest BCUT2D eigenvalue weighted by molar-refractivity contribution is -0.132. The van der Waals surface area contributed by atoms with Crippen molar-refractivity contribution < 1.29 is 28.9 Å². The second-order valence-electron chi connectivity index (χ2n) is 8.14. The molecule has 3 aromatic rings. The topological polar surface area (TPSA) is 85.3 Å². The quantitative estimate of drug-likeness (QED) is 0.236. The maximum Gasteiger partial charge on any atom is 0.300 e. The Kier molecular flexibility index (Phi) is 7.50. The van der Waals surface area contributed by atoms with Crippen molar-refractivity contribution in [3.63, 3.8) is 0 Å². The van der Waals surface area contributed by atoms with E-state index in [1.807, 2.05) is 6.92 Å². The molecule has 1 aliphatic rings. The normalized spacial score (nSPS) is 16.8. The van der Waals surface area contributed by atoms with Gasteiger partial charge in [0.1, 0.15) is 23.0 Å². The van der Waals surface area contributed by atoms with Crippen molar-refractivity contribution in [3.8, 4) is 17.2 Å². The number of hydrogen-bond donors (Lipinski definition) is 1. The predicted octanol–water partition coefficient (Wildman–Crippen LogP) is 5.77. The lowest BCUT2D eigenvalue weighted by Crippen LogP contribution is -2.29.